The third kappa shape index (κ3) is 2.47. The molecule has 1 amide bonds. The lowest BCUT2D eigenvalue weighted by Crippen LogP contribution is -2.59. The maximum atomic E-state index is 12.3. The van der Waals surface area contributed by atoms with Crippen molar-refractivity contribution in [1.29, 1.82) is 0 Å². The average Bonchev–Trinajstić information content (AvgIpc) is 2.88. The molecular weight excluding hydrogens is 290 g/mol. The molecule has 3 saturated heterocycles. The van der Waals surface area contributed by atoms with E-state index < -0.39 is 0 Å². The van der Waals surface area contributed by atoms with Gasteiger partial charge >= 0.3 is 0 Å². The summed E-state index contributed by atoms with van der Waals surface area (Å²) in [5.74, 6) is 1.15. The van der Waals surface area contributed by atoms with E-state index in [0.717, 1.165) is 44.6 Å². The van der Waals surface area contributed by atoms with Crippen molar-refractivity contribution in [3.05, 3.63) is 24.3 Å². The predicted octanol–water partition coefficient (Wildman–Crippen LogP) is 1.98. The van der Waals surface area contributed by atoms with Gasteiger partial charge in [0.05, 0.1) is 18.8 Å². The Morgan fingerprint density at radius 1 is 1.22 bits per heavy atom. The highest BCUT2D eigenvalue weighted by atomic mass is 16.5. The van der Waals surface area contributed by atoms with Crippen LogP contribution in [0.25, 0.3) is 0 Å². The summed E-state index contributed by atoms with van der Waals surface area (Å²) in [6.07, 6.45) is 5.40. The average molecular weight is 315 g/mol. The lowest BCUT2D eigenvalue weighted by Gasteiger charge is -2.47. The Bertz CT molecular complexity index is 596. The van der Waals surface area contributed by atoms with Gasteiger partial charge in [-0.1, -0.05) is 12.5 Å². The molecule has 3 aliphatic rings. The van der Waals surface area contributed by atoms with Crippen molar-refractivity contribution in [2.75, 3.05) is 31.6 Å². The zero-order valence-corrected chi connectivity index (χ0v) is 13.8. The molecule has 0 unspecified atom stereocenters. The van der Waals surface area contributed by atoms with Gasteiger partial charge in [0.15, 0.2) is 0 Å². The number of piperidine rings is 2. The highest BCUT2D eigenvalue weighted by molar-refractivity contribution is 5.85. The van der Waals surface area contributed by atoms with E-state index >= 15 is 0 Å². The fourth-order valence-corrected chi connectivity index (χ4v) is 4.46. The molecule has 0 bridgehead atoms. The summed E-state index contributed by atoms with van der Waals surface area (Å²) >= 11 is 0. The largest absolute Gasteiger partial charge is 0.497 e. The van der Waals surface area contributed by atoms with Gasteiger partial charge in [-0.2, -0.15) is 0 Å². The molecule has 23 heavy (non-hydrogen) atoms. The molecule has 0 aromatic heterocycles. The molecule has 3 fully saturated rings. The van der Waals surface area contributed by atoms with Gasteiger partial charge in [0.25, 0.3) is 0 Å². The Kier molecular flexibility index (Phi) is 3.68. The monoisotopic (exact) mass is 315 g/mol. The quantitative estimate of drug-likeness (QED) is 0.906. The number of benzene rings is 1. The van der Waals surface area contributed by atoms with Crippen molar-refractivity contribution < 1.29 is 9.53 Å². The minimum Gasteiger partial charge on any atom is -0.497 e. The van der Waals surface area contributed by atoms with Gasteiger partial charge < -0.3 is 15.0 Å². The van der Waals surface area contributed by atoms with E-state index in [0.29, 0.717) is 0 Å². The molecule has 1 atom stereocenters. The zero-order valence-electron chi connectivity index (χ0n) is 13.8. The standard InChI is InChI=1S/C18H25N3O2/c1-23-15-6-4-5-14(13-15)20-11-8-18(9-12-20)19-17(22)16-7-2-3-10-21(16)18/h4-6,13,16H,2-3,7-12H2,1H3,(H,19,22)/t16-/m1/s1. The molecular formula is C18H25N3O2. The molecule has 1 aromatic rings. The van der Waals surface area contributed by atoms with E-state index in [1.807, 2.05) is 12.1 Å². The molecule has 4 rings (SSSR count). The van der Waals surface area contributed by atoms with E-state index in [1.165, 1.54) is 18.5 Å². The highest BCUT2D eigenvalue weighted by Crippen LogP contribution is 2.38. The lowest BCUT2D eigenvalue weighted by atomic mass is 9.92. The van der Waals surface area contributed by atoms with Crippen LogP contribution in [0.4, 0.5) is 5.69 Å². The minimum absolute atomic E-state index is 0.0997. The number of anilines is 1. The van der Waals surface area contributed by atoms with Gasteiger partial charge in [0, 0.05) is 44.2 Å². The maximum Gasteiger partial charge on any atom is 0.238 e. The highest BCUT2D eigenvalue weighted by Gasteiger charge is 2.52. The Morgan fingerprint density at radius 3 is 2.83 bits per heavy atom. The second-order valence-electron chi connectivity index (χ2n) is 6.91. The lowest BCUT2D eigenvalue weighted by molar-refractivity contribution is -0.122. The summed E-state index contributed by atoms with van der Waals surface area (Å²) in [5.41, 5.74) is 1.11. The van der Waals surface area contributed by atoms with Crippen LogP contribution in [-0.2, 0) is 4.79 Å². The minimum atomic E-state index is -0.0997. The van der Waals surface area contributed by atoms with E-state index in [1.54, 1.807) is 7.11 Å². The number of fused-ring (bicyclic) bond motifs is 2. The maximum absolute atomic E-state index is 12.3. The van der Waals surface area contributed by atoms with Gasteiger partial charge in [-0.15, -0.1) is 0 Å². The van der Waals surface area contributed by atoms with Crippen molar-refractivity contribution in [1.82, 2.24) is 10.2 Å². The van der Waals surface area contributed by atoms with Crippen LogP contribution in [0.15, 0.2) is 24.3 Å². The van der Waals surface area contributed by atoms with Crippen LogP contribution in [0.5, 0.6) is 5.75 Å². The van der Waals surface area contributed by atoms with Gasteiger partial charge in [-0.3, -0.25) is 9.69 Å². The Morgan fingerprint density at radius 2 is 2.04 bits per heavy atom. The molecule has 1 spiro atoms. The first-order valence-corrected chi connectivity index (χ1v) is 8.70. The fourth-order valence-electron chi connectivity index (χ4n) is 4.46. The number of nitrogens with one attached hydrogen (secondary N) is 1. The third-order valence-corrected chi connectivity index (χ3v) is 5.72. The zero-order chi connectivity index (χ0) is 15.9. The Labute approximate surface area is 137 Å². The number of hydrogen-bond acceptors (Lipinski definition) is 4. The number of methoxy groups -OCH3 is 1. The number of amides is 1. The number of carbonyl (C=O) groups is 1. The number of ether oxygens (including phenoxy) is 1. The van der Waals surface area contributed by atoms with Crippen LogP contribution in [-0.4, -0.2) is 49.3 Å². The molecule has 5 heteroatoms. The van der Waals surface area contributed by atoms with Crippen molar-refractivity contribution in [2.24, 2.45) is 0 Å². The molecule has 0 aliphatic carbocycles. The molecule has 1 aromatic carbocycles. The van der Waals surface area contributed by atoms with Crippen LogP contribution in [0.2, 0.25) is 0 Å². The van der Waals surface area contributed by atoms with Crippen LogP contribution in [0.1, 0.15) is 32.1 Å². The molecule has 3 heterocycles. The van der Waals surface area contributed by atoms with Crippen molar-refractivity contribution in [3.63, 3.8) is 0 Å². The first kappa shape index (κ1) is 14.8. The van der Waals surface area contributed by atoms with Crippen molar-refractivity contribution in [3.8, 4) is 5.75 Å². The van der Waals surface area contributed by atoms with Crippen LogP contribution in [0.3, 0.4) is 0 Å². The van der Waals surface area contributed by atoms with Crippen LogP contribution < -0.4 is 15.0 Å². The summed E-state index contributed by atoms with van der Waals surface area (Å²) in [6, 6.07) is 8.36. The topological polar surface area (TPSA) is 44.8 Å². The van der Waals surface area contributed by atoms with Crippen LogP contribution in [0, 0.1) is 0 Å². The fraction of sp³-hybridized carbons (Fsp3) is 0.611. The number of nitrogens with zero attached hydrogens (tertiary/aromatic N) is 2. The van der Waals surface area contributed by atoms with E-state index in [-0.39, 0.29) is 17.6 Å². The Hall–Kier alpha value is -1.75. The number of rotatable bonds is 2. The first-order chi connectivity index (χ1) is 11.2. The summed E-state index contributed by atoms with van der Waals surface area (Å²) in [5, 5.41) is 3.34. The normalized spacial score (nSPS) is 26.9. The molecule has 0 saturated carbocycles. The van der Waals surface area contributed by atoms with Gasteiger partial charge in [0.2, 0.25) is 5.91 Å². The summed E-state index contributed by atoms with van der Waals surface area (Å²) < 4.78 is 5.33. The SMILES string of the molecule is COc1cccc(N2CCC3(CC2)NC(=O)[C@H]2CCCCN23)c1. The molecule has 124 valence electrons. The molecule has 0 radical (unpaired) electrons. The Balaban J connectivity index is 1.49. The van der Waals surface area contributed by atoms with Gasteiger partial charge in [-0.25, -0.2) is 0 Å². The van der Waals surface area contributed by atoms with Gasteiger partial charge in [0.1, 0.15) is 5.75 Å². The van der Waals surface area contributed by atoms with Gasteiger partial charge in [-0.05, 0) is 25.0 Å². The van der Waals surface area contributed by atoms with Crippen molar-refractivity contribution in [2.45, 2.75) is 43.8 Å². The van der Waals surface area contributed by atoms with E-state index in [9.17, 15) is 4.79 Å². The van der Waals surface area contributed by atoms with E-state index in [4.69, 9.17) is 4.74 Å². The summed E-state index contributed by atoms with van der Waals surface area (Å²) in [6.45, 7) is 3.00. The van der Waals surface area contributed by atoms with E-state index in [2.05, 4.69) is 27.2 Å². The third-order valence-electron chi connectivity index (χ3n) is 5.72. The molecule has 3 aliphatic heterocycles. The molecule has 5 nitrogen and oxygen atoms in total. The second-order valence-corrected chi connectivity index (χ2v) is 6.91. The molecule has 1 N–H and O–H groups in total. The summed E-state index contributed by atoms with van der Waals surface area (Å²) in [7, 11) is 1.70. The van der Waals surface area contributed by atoms with Crippen LogP contribution >= 0.6 is 0 Å². The summed E-state index contributed by atoms with van der Waals surface area (Å²) in [4.78, 5) is 17.2. The smallest absolute Gasteiger partial charge is 0.238 e. The second kappa shape index (κ2) is 5.71. The number of hydrogen-bond donors (Lipinski definition) is 1. The predicted molar refractivity (Wildman–Crippen MR) is 89.7 cm³/mol. The number of carbonyl (C=O) groups excluding carboxylic acids is 1. The van der Waals surface area contributed by atoms with Crippen molar-refractivity contribution >= 4 is 11.6 Å². The first-order valence-electron chi connectivity index (χ1n) is 8.70.